The van der Waals surface area contributed by atoms with Crippen LogP contribution in [0.2, 0.25) is 0 Å². The van der Waals surface area contributed by atoms with Crippen molar-refractivity contribution in [1.82, 2.24) is 0 Å². The molecule has 0 aliphatic rings. The van der Waals surface area contributed by atoms with E-state index in [1.165, 1.54) is 81.8 Å². The van der Waals surface area contributed by atoms with E-state index in [1.54, 1.807) is 0 Å². The molecule has 41 heavy (non-hydrogen) atoms. The number of aromatic hydroxyl groups is 2. The summed E-state index contributed by atoms with van der Waals surface area (Å²) in [5.74, 6) is 2.08. The van der Waals surface area contributed by atoms with E-state index in [9.17, 15) is 10.2 Å². The van der Waals surface area contributed by atoms with E-state index in [-0.39, 0.29) is 17.3 Å². The van der Waals surface area contributed by atoms with Crippen LogP contribution < -0.4 is 0 Å². The van der Waals surface area contributed by atoms with Gasteiger partial charge in [0.05, 0.1) is 0 Å². The number of rotatable bonds is 20. The first-order valence-electron chi connectivity index (χ1n) is 16.9. The van der Waals surface area contributed by atoms with Gasteiger partial charge in [-0.1, -0.05) is 124 Å². The Morgan fingerprint density at radius 3 is 1.32 bits per heavy atom. The fraction of sp³-hybridized carbons (Fsp3) is 0.684. The molecule has 0 saturated heterocycles. The Bertz CT molecular complexity index is 978. The van der Waals surface area contributed by atoms with Crippen LogP contribution in [0.25, 0.3) is 0 Å². The molecule has 2 nitrogen and oxygen atoms in total. The Morgan fingerprint density at radius 2 is 0.976 bits per heavy atom. The summed E-state index contributed by atoms with van der Waals surface area (Å²) < 4.78 is 0. The minimum Gasteiger partial charge on any atom is -0.508 e. The molecule has 0 fully saturated rings. The zero-order chi connectivity index (χ0) is 30.4. The van der Waals surface area contributed by atoms with Gasteiger partial charge in [-0.05, 0) is 90.5 Å². The number of hydrogen-bond donors (Lipinski definition) is 3. The van der Waals surface area contributed by atoms with Crippen LogP contribution in [0.3, 0.4) is 0 Å². The Labute approximate surface area is 259 Å². The van der Waals surface area contributed by atoms with Gasteiger partial charge >= 0.3 is 0 Å². The van der Waals surface area contributed by atoms with Gasteiger partial charge in [0, 0.05) is 11.2 Å². The fourth-order valence-electron chi connectivity index (χ4n) is 6.61. The quantitative estimate of drug-likeness (QED) is 0.107. The van der Waals surface area contributed by atoms with Crippen molar-refractivity contribution < 1.29 is 10.2 Å². The average Bonchev–Trinajstić information content (AvgIpc) is 2.95. The van der Waals surface area contributed by atoms with Gasteiger partial charge in [-0.15, -0.1) is 0 Å². The first-order valence-corrected chi connectivity index (χ1v) is 17.6. The molecule has 2 unspecified atom stereocenters. The standard InChI is InChI=1S/C38H62O2S/c1-8-11-12-13-14-15-16-17-18-19-20-21-22-38(27-41,34-25-32(28(4)9-2)36(39)23-30(34)6)35-26-33(29(5)10-3)37(40)24-31(35)7/h23-26,28-29,39-41H,8-22,27H2,1-7H3. The van der Waals surface area contributed by atoms with Crippen LogP contribution >= 0.6 is 12.6 Å². The Morgan fingerprint density at radius 1 is 0.610 bits per heavy atom. The van der Waals surface area contributed by atoms with E-state index in [1.807, 2.05) is 12.1 Å². The van der Waals surface area contributed by atoms with Crippen LogP contribution in [0.5, 0.6) is 11.5 Å². The summed E-state index contributed by atoms with van der Waals surface area (Å²) in [5, 5.41) is 21.8. The first kappa shape index (κ1) is 35.6. The molecule has 0 aliphatic heterocycles. The van der Waals surface area contributed by atoms with Crippen LogP contribution in [0.4, 0.5) is 0 Å². The number of thiol groups is 1. The molecule has 2 aromatic carbocycles. The highest BCUT2D eigenvalue weighted by Crippen LogP contribution is 2.46. The topological polar surface area (TPSA) is 40.5 Å². The van der Waals surface area contributed by atoms with Gasteiger partial charge in [-0.3, -0.25) is 0 Å². The van der Waals surface area contributed by atoms with Crippen LogP contribution in [0.1, 0.15) is 176 Å². The molecular formula is C38H62O2S. The van der Waals surface area contributed by atoms with Crippen molar-refractivity contribution in [2.45, 2.75) is 162 Å². The number of phenols is 2. The number of aryl methyl sites for hydroxylation is 2. The first-order chi connectivity index (χ1) is 19.7. The lowest BCUT2D eigenvalue weighted by molar-refractivity contribution is 0.448. The molecule has 3 heteroatoms. The molecule has 0 bridgehead atoms. The van der Waals surface area contributed by atoms with Crippen molar-refractivity contribution in [2.24, 2.45) is 0 Å². The van der Waals surface area contributed by atoms with E-state index in [2.05, 4.69) is 60.6 Å². The summed E-state index contributed by atoms with van der Waals surface area (Å²) in [6.45, 7) is 15.3. The molecule has 0 radical (unpaired) electrons. The smallest absolute Gasteiger partial charge is 0.119 e. The van der Waals surface area contributed by atoms with Gasteiger partial charge in [0.1, 0.15) is 11.5 Å². The lowest BCUT2D eigenvalue weighted by Gasteiger charge is -2.38. The van der Waals surface area contributed by atoms with E-state index in [0.29, 0.717) is 17.3 Å². The normalized spacial score (nSPS) is 14.6. The lowest BCUT2D eigenvalue weighted by atomic mass is 9.68. The van der Waals surface area contributed by atoms with E-state index in [0.717, 1.165) is 47.9 Å². The van der Waals surface area contributed by atoms with Crippen molar-refractivity contribution in [1.29, 1.82) is 0 Å². The Balaban J connectivity index is 2.32. The highest BCUT2D eigenvalue weighted by molar-refractivity contribution is 7.80. The molecule has 0 aliphatic carbocycles. The second-order valence-electron chi connectivity index (χ2n) is 12.9. The monoisotopic (exact) mass is 582 g/mol. The van der Waals surface area contributed by atoms with Crippen LogP contribution in [0, 0.1) is 13.8 Å². The molecule has 2 aromatic rings. The predicted molar refractivity (Wildman–Crippen MR) is 183 cm³/mol. The van der Waals surface area contributed by atoms with Gasteiger partial charge in [0.2, 0.25) is 0 Å². The van der Waals surface area contributed by atoms with Crippen LogP contribution in [0.15, 0.2) is 24.3 Å². The number of benzene rings is 2. The molecule has 0 spiro atoms. The summed E-state index contributed by atoms with van der Waals surface area (Å²) in [7, 11) is 0. The molecule has 0 amide bonds. The average molecular weight is 583 g/mol. The van der Waals surface area contributed by atoms with Crippen molar-refractivity contribution in [3.8, 4) is 11.5 Å². The highest BCUT2D eigenvalue weighted by atomic mass is 32.1. The third-order valence-corrected chi connectivity index (χ3v) is 10.3. The molecule has 0 saturated carbocycles. The minimum atomic E-state index is -0.276. The molecule has 0 heterocycles. The maximum atomic E-state index is 10.9. The molecule has 2 rings (SSSR count). The van der Waals surface area contributed by atoms with E-state index in [4.69, 9.17) is 12.6 Å². The molecule has 2 atom stereocenters. The zero-order valence-electron chi connectivity index (χ0n) is 27.6. The number of unbranched alkanes of at least 4 members (excludes halogenated alkanes) is 11. The summed E-state index contributed by atoms with van der Waals surface area (Å²) in [5.41, 5.74) is 6.61. The van der Waals surface area contributed by atoms with Gasteiger partial charge in [0.25, 0.3) is 0 Å². The van der Waals surface area contributed by atoms with Gasteiger partial charge in [0.15, 0.2) is 0 Å². The molecule has 0 aromatic heterocycles. The largest absolute Gasteiger partial charge is 0.508 e. The third kappa shape index (κ3) is 9.70. The SMILES string of the molecule is CCCCCCCCCCCCCCC(CS)(c1cc(C(C)CC)c(O)cc1C)c1cc(C(C)CC)c(O)cc1C. The van der Waals surface area contributed by atoms with Crippen LogP contribution in [-0.2, 0) is 5.41 Å². The number of hydrogen-bond acceptors (Lipinski definition) is 3. The maximum Gasteiger partial charge on any atom is 0.119 e. The van der Waals surface area contributed by atoms with Gasteiger partial charge in [-0.25, -0.2) is 0 Å². The maximum absolute atomic E-state index is 10.9. The summed E-state index contributed by atoms with van der Waals surface area (Å²) in [6, 6.07) is 8.51. The Hall–Kier alpha value is -1.61. The summed E-state index contributed by atoms with van der Waals surface area (Å²) in [4.78, 5) is 0. The van der Waals surface area contributed by atoms with Crippen molar-refractivity contribution in [3.63, 3.8) is 0 Å². The van der Waals surface area contributed by atoms with Crippen molar-refractivity contribution in [2.75, 3.05) is 5.75 Å². The van der Waals surface area contributed by atoms with Crippen molar-refractivity contribution >= 4 is 12.6 Å². The molecular weight excluding hydrogens is 520 g/mol. The van der Waals surface area contributed by atoms with E-state index >= 15 is 0 Å². The third-order valence-electron chi connectivity index (χ3n) is 9.79. The Kier molecular flexibility index (Phi) is 15.7. The predicted octanol–water partition coefficient (Wildman–Crippen LogP) is 12.0. The zero-order valence-corrected chi connectivity index (χ0v) is 28.5. The van der Waals surface area contributed by atoms with Crippen molar-refractivity contribution in [3.05, 3.63) is 57.6 Å². The lowest BCUT2D eigenvalue weighted by Crippen LogP contribution is -2.32. The van der Waals surface area contributed by atoms with Gasteiger partial charge in [-0.2, -0.15) is 12.6 Å². The van der Waals surface area contributed by atoms with Crippen LogP contribution in [-0.4, -0.2) is 16.0 Å². The minimum absolute atomic E-state index is 0.276. The molecule has 232 valence electrons. The second-order valence-corrected chi connectivity index (χ2v) is 13.3. The van der Waals surface area contributed by atoms with E-state index < -0.39 is 0 Å². The number of phenolic OH excluding ortho intramolecular Hbond substituents is 2. The molecule has 2 N–H and O–H groups in total. The summed E-state index contributed by atoms with van der Waals surface area (Å²) in [6.07, 6.45) is 19.0. The fourth-order valence-corrected chi connectivity index (χ4v) is 7.11. The highest BCUT2D eigenvalue weighted by Gasteiger charge is 2.37. The van der Waals surface area contributed by atoms with Gasteiger partial charge < -0.3 is 10.2 Å². The second kappa shape index (κ2) is 18.1. The summed E-state index contributed by atoms with van der Waals surface area (Å²) >= 11 is 5.08.